The maximum Gasteiger partial charge on any atom is 0.297 e. The molecule has 3 aromatic heterocycles. The summed E-state index contributed by atoms with van der Waals surface area (Å²) in [6.45, 7) is 8.02. The van der Waals surface area contributed by atoms with Gasteiger partial charge in [-0.3, -0.25) is 19.6 Å². The van der Waals surface area contributed by atoms with Crippen LogP contribution >= 0.6 is 0 Å². The number of benzene rings is 3. The monoisotopic (exact) mass is 785 g/mol. The van der Waals surface area contributed by atoms with Crippen LogP contribution in [-0.2, 0) is 17.9 Å². The zero-order valence-corrected chi connectivity index (χ0v) is 33.0. The third-order valence-corrected chi connectivity index (χ3v) is 11.4. The molecule has 2 saturated heterocycles. The summed E-state index contributed by atoms with van der Waals surface area (Å²) in [5.74, 6) is 0.197. The number of hydrogen-bond donors (Lipinski definition) is 2. The number of aliphatic hydroxyl groups excluding tert-OH is 1. The molecule has 0 spiro atoms. The van der Waals surface area contributed by atoms with Gasteiger partial charge < -0.3 is 19.7 Å². The second-order valence-electron chi connectivity index (χ2n) is 15.6. The highest BCUT2D eigenvalue weighted by Crippen LogP contribution is 2.38. The van der Waals surface area contributed by atoms with E-state index in [-0.39, 0.29) is 23.7 Å². The van der Waals surface area contributed by atoms with Crippen LogP contribution < -0.4 is 5.32 Å². The fraction of sp³-hybridized carbons (Fsp3) is 0.364. The zero-order chi connectivity index (χ0) is 40.7. The average Bonchev–Trinajstić information content (AvgIpc) is 3.83. The van der Waals surface area contributed by atoms with Crippen LogP contribution in [0.4, 0.5) is 20.3 Å². The summed E-state index contributed by atoms with van der Waals surface area (Å²) in [5, 5.41) is 23.4. The van der Waals surface area contributed by atoms with Crippen LogP contribution in [0.15, 0.2) is 65.2 Å². The van der Waals surface area contributed by atoms with E-state index in [1.165, 1.54) is 0 Å². The molecular weight excluding hydrogens is 741 g/mol. The van der Waals surface area contributed by atoms with Crippen LogP contribution in [0, 0.1) is 31.1 Å². The van der Waals surface area contributed by atoms with E-state index in [4.69, 9.17) is 9.40 Å². The molecule has 58 heavy (non-hydrogen) atoms. The molecule has 1 amide bonds. The fourth-order valence-electron chi connectivity index (χ4n) is 8.26. The van der Waals surface area contributed by atoms with Gasteiger partial charge in [0, 0.05) is 63.6 Å². The van der Waals surface area contributed by atoms with Gasteiger partial charge in [0.2, 0.25) is 11.8 Å². The number of anilines is 2. The number of aliphatic hydroxyl groups is 1. The van der Waals surface area contributed by atoms with E-state index in [0.29, 0.717) is 65.3 Å². The quantitative estimate of drug-likeness (QED) is 0.142. The highest BCUT2D eigenvalue weighted by atomic mass is 19.3. The predicted octanol–water partition coefficient (Wildman–Crippen LogP) is 7.54. The minimum absolute atomic E-state index is 0.0386. The van der Waals surface area contributed by atoms with Crippen molar-refractivity contribution in [3.05, 3.63) is 94.4 Å². The number of halogens is 2. The number of fused-ring (bicyclic) bond motifs is 2. The molecule has 298 valence electrons. The molecule has 0 unspecified atom stereocenters. The zero-order valence-electron chi connectivity index (χ0n) is 33.0. The van der Waals surface area contributed by atoms with Gasteiger partial charge in [-0.05, 0) is 110 Å². The molecule has 12 nitrogen and oxygen atoms in total. The van der Waals surface area contributed by atoms with Crippen LogP contribution in [0.25, 0.3) is 44.7 Å². The van der Waals surface area contributed by atoms with Crippen molar-refractivity contribution in [2.45, 2.75) is 58.7 Å². The minimum atomic E-state index is -2.88. The second-order valence-corrected chi connectivity index (χ2v) is 15.6. The molecule has 2 N–H and O–H groups in total. The third kappa shape index (κ3) is 7.85. The van der Waals surface area contributed by atoms with Crippen molar-refractivity contribution in [3.63, 3.8) is 0 Å². The van der Waals surface area contributed by atoms with Gasteiger partial charge in [-0.15, -0.1) is 0 Å². The number of carbonyl (C=O) groups excluding carboxylic acids is 1. The Morgan fingerprint density at radius 1 is 0.931 bits per heavy atom. The number of alkyl halides is 2. The number of hydrogen-bond acceptors (Lipinski definition) is 11. The molecule has 0 saturated carbocycles. The number of β-amino-alcohol motifs (C(OH)–C–C–N with tert-alkyl or cyclic N) is 1. The molecule has 14 heteroatoms. The van der Waals surface area contributed by atoms with Gasteiger partial charge in [0.1, 0.15) is 17.1 Å². The van der Waals surface area contributed by atoms with E-state index in [2.05, 4.69) is 36.1 Å². The maximum absolute atomic E-state index is 14.1. The number of likely N-dealkylation sites (tertiary alicyclic amines) is 2. The van der Waals surface area contributed by atoms with E-state index >= 15 is 0 Å². The second kappa shape index (κ2) is 16.2. The Balaban J connectivity index is 1.06. The molecular formula is C44H45F2N9O3. The van der Waals surface area contributed by atoms with Gasteiger partial charge in [-0.1, -0.05) is 24.3 Å². The van der Waals surface area contributed by atoms with Crippen LogP contribution in [0.5, 0.6) is 0 Å². The van der Waals surface area contributed by atoms with Gasteiger partial charge in [0.05, 0.1) is 17.2 Å². The number of oxazole rings is 1. The highest BCUT2D eigenvalue weighted by molar-refractivity contribution is 5.90. The molecule has 1 atom stereocenters. The van der Waals surface area contributed by atoms with Crippen LogP contribution in [0.2, 0.25) is 0 Å². The molecule has 8 rings (SSSR count). The van der Waals surface area contributed by atoms with Crippen molar-refractivity contribution in [1.29, 1.82) is 5.26 Å². The van der Waals surface area contributed by atoms with Crippen molar-refractivity contribution >= 4 is 39.5 Å². The Morgan fingerprint density at radius 2 is 1.62 bits per heavy atom. The first-order valence-electron chi connectivity index (χ1n) is 19.5. The van der Waals surface area contributed by atoms with Crippen LogP contribution in [-0.4, -0.2) is 92.0 Å². The van der Waals surface area contributed by atoms with Gasteiger partial charge >= 0.3 is 0 Å². The summed E-state index contributed by atoms with van der Waals surface area (Å²) in [6.07, 6.45) is 0.743. The van der Waals surface area contributed by atoms with Gasteiger partial charge in [0.15, 0.2) is 17.2 Å². The van der Waals surface area contributed by atoms with E-state index in [9.17, 15) is 23.9 Å². The van der Waals surface area contributed by atoms with Crippen molar-refractivity contribution in [1.82, 2.24) is 34.6 Å². The lowest BCUT2D eigenvalue weighted by molar-refractivity contribution is -0.134. The van der Waals surface area contributed by atoms with Crippen LogP contribution in [0.3, 0.4) is 0 Å². The lowest BCUT2D eigenvalue weighted by atomic mass is 9.93. The number of aromatic nitrogens is 4. The SMILES string of the molecule is Cc1c(Nc2nc(C(F)F)nc3cc(CN4CC[C@H](O)C4)cnc23)cccc1-c1cccc(-c2nc3cc(CN4CCC(C(=O)N(C)C)CC4)cc(C#N)c3o2)c1C. The van der Waals surface area contributed by atoms with Crippen molar-refractivity contribution in [3.8, 4) is 28.7 Å². The van der Waals surface area contributed by atoms with Gasteiger partial charge in [0.25, 0.3) is 6.43 Å². The van der Waals surface area contributed by atoms with Gasteiger partial charge in [-0.2, -0.15) is 5.26 Å². The number of nitrogens with zero attached hydrogens (tertiary/aromatic N) is 8. The topological polar surface area (TPSA) is 148 Å². The fourth-order valence-corrected chi connectivity index (χ4v) is 8.26. The summed E-state index contributed by atoms with van der Waals surface area (Å²) in [5.41, 5.74) is 8.95. The Labute approximate surface area is 335 Å². The lowest BCUT2D eigenvalue weighted by Gasteiger charge is -2.32. The average molecular weight is 786 g/mol. The highest BCUT2D eigenvalue weighted by Gasteiger charge is 2.27. The Kier molecular flexibility index (Phi) is 10.9. The number of piperidine rings is 1. The van der Waals surface area contributed by atoms with Crippen molar-refractivity contribution in [2.75, 3.05) is 45.6 Å². The predicted molar refractivity (Wildman–Crippen MR) is 217 cm³/mol. The summed E-state index contributed by atoms with van der Waals surface area (Å²) in [4.78, 5) is 36.4. The van der Waals surface area contributed by atoms with Gasteiger partial charge in [-0.25, -0.2) is 23.7 Å². The number of nitriles is 1. The molecule has 0 bridgehead atoms. The molecule has 6 aromatic rings. The minimum Gasteiger partial charge on any atom is -0.435 e. The smallest absolute Gasteiger partial charge is 0.297 e. The standard InChI is InChI=1S/C44H45F2N9O3/c1-25-32(7-5-9-34(25)43-51-37-18-27(17-30(20-47)39(37)58-43)22-54-14-11-29(12-15-54)44(57)53(3)4)33-8-6-10-35(26(33)2)49-41-38-36(50-42(52-41)40(45)46)19-28(21-48-38)23-55-16-13-31(56)24-55/h5-10,17-19,21,29,31,40,56H,11-16,22-24H2,1-4H3,(H,49,50,52)/t31-/m0/s1. The molecule has 2 fully saturated rings. The Hall–Kier alpha value is -5.88. The summed E-state index contributed by atoms with van der Waals surface area (Å²) in [7, 11) is 3.60. The lowest BCUT2D eigenvalue weighted by Crippen LogP contribution is -2.39. The van der Waals surface area contributed by atoms with E-state index in [1.807, 2.05) is 62.4 Å². The van der Waals surface area contributed by atoms with Crippen molar-refractivity contribution < 1.29 is 23.1 Å². The molecule has 3 aromatic carbocycles. The van der Waals surface area contributed by atoms with E-state index in [0.717, 1.165) is 71.4 Å². The normalized spacial score (nSPS) is 16.7. The Morgan fingerprint density at radius 3 is 2.33 bits per heavy atom. The first kappa shape index (κ1) is 39.0. The molecule has 0 aliphatic carbocycles. The largest absolute Gasteiger partial charge is 0.435 e. The van der Waals surface area contributed by atoms with Crippen molar-refractivity contribution in [2.24, 2.45) is 5.92 Å². The van der Waals surface area contributed by atoms with E-state index < -0.39 is 12.2 Å². The summed E-state index contributed by atoms with van der Waals surface area (Å²) in [6, 6.07) is 19.5. The first-order valence-corrected chi connectivity index (χ1v) is 19.5. The molecule has 5 heterocycles. The number of rotatable bonds is 10. The number of amides is 1. The number of pyridine rings is 1. The number of nitrogens with one attached hydrogen (secondary N) is 1. The molecule has 2 aliphatic rings. The van der Waals surface area contributed by atoms with Crippen LogP contribution in [0.1, 0.15) is 59.3 Å². The summed E-state index contributed by atoms with van der Waals surface area (Å²) < 4.78 is 34.5. The third-order valence-electron chi connectivity index (χ3n) is 11.4. The maximum atomic E-state index is 14.1. The Bertz CT molecular complexity index is 2560. The van der Waals surface area contributed by atoms with E-state index in [1.54, 1.807) is 31.3 Å². The molecule has 0 radical (unpaired) electrons. The number of carbonyl (C=O) groups is 1. The summed E-state index contributed by atoms with van der Waals surface area (Å²) >= 11 is 0. The molecule has 2 aliphatic heterocycles. The first-order chi connectivity index (χ1) is 27.9.